The molecule has 0 spiro atoms. The van der Waals surface area contributed by atoms with Gasteiger partial charge in [-0.1, -0.05) is 12.1 Å². The molecule has 2 aromatic rings. The number of carbonyl (C=O) groups is 3. The van der Waals surface area contributed by atoms with Crippen LogP contribution in [-0.4, -0.2) is 45.7 Å². The summed E-state index contributed by atoms with van der Waals surface area (Å²) in [5.41, 5.74) is 1.61. The van der Waals surface area contributed by atoms with Gasteiger partial charge in [-0.3, -0.25) is 14.4 Å². The highest BCUT2D eigenvalue weighted by molar-refractivity contribution is 6.09. The highest BCUT2D eigenvalue weighted by atomic mass is 16.4. The normalized spacial score (nSPS) is 15.2. The number of rotatable bonds is 4. The maximum Gasteiger partial charge on any atom is 0.306 e. The van der Waals surface area contributed by atoms with Gasteiger partial charge in [-0.15, -0.1) is 0 Å². The third-order valence-electron chi connectivity index (χ3n) is 4.39. The number of aromatic nitrogens is 1. The molecule has 24 heavy (non-hydrogen) atoms. The van der Waals surface area contributed by atoms with Gasteiger partial charge in [0.2, 0.25) is 0 Å². The lowest BCUT2D eigenvalue weighted by molar-refractivity contribution is -0.143. The van der Waals surface area contributed by atoms with E-state index in [1.807, 2.05) is 0 Å². The van der Waals surface area contributed by atoms with Crippen LogP contribution in [0.25, 0.3) is 0 Å². The Morgan fingerprint density at radius 1 is 0.958 bits per heavy atom. The van der Waals surface area contributed by atoms with Gasteiger partial charge in [0.25, 0.3) is 5.91 Å². The Labute approximate surface area is 139 Å². The summed E-state index contributed by atoms with van der Waals surface area (Å²) in [5, 5.41) is 9.00. The molecular formula is C18H18N2O4. The third-order valence-corrected chi connectivity index (χ3v) is 4.39. The van der Waals surface area contributed by atoms with Crippen molar-refractivity contribution in [1.29, 1.82) is 0 Å². The van der Waals surface area contributed by atoms with E-state index in [1.165, 1.54) is 0 Å². The minimum absolute atomic E-state index is 0.0995. The van der Waals surface area contributed by atoms with Crippen molar-refractivity contribution in [2.24, 2.45) is 5.92 Å². The molecule has 0 radical (unpaired) electrons. The van der Waals surface area contributed by atoms with Crippen LogP contribution >= 0.6 is 0 Å². The zero-order chi connectivity index (χ0) is 17.1. The molecule has 0 saturated carbocycles. The predicted octanol–water partition coefficient (Wildman–Crippen LogP) is 2.18. The van der Waals surface area contributed by atoms with E-state index in [0.29, 0.717) is 42.6 Å². The Morgan fingerprint density at radius 2 is 1.58 bits per heavy atom. The number of H-pyrrole nitrogens is 1. The predicted molar refractivity (Wildman–Crippen MR) is 86.9 cm³/mol. The first-order chi connectivity index (χ1) is 11.6. The van der Waals surface area contributed by atoms with Gasteiger partial charge >= 0.3 is 5.97 Å². The molecule has 0 unspecified atom stereocenters. The van der Waals surface area contributed by atoms with Crippen LogP contribution in [0.1, 0.15) is 39.1 Å². The number of carboxylic acid groups (broad SMARTS) is 1. The first-order valence-corrected chi connectivity index (χ1v) is 7.86. The van der Waals surface area contributed by atoms with Gasteiger partial charge in [-0.05, 0) is 31.0 Å². The van der Waals surface area contributed by atoms with Gasteiger partial charge in [0.15, 0.2) is 5.78 Å². The van der Waals surface area contributed by atoms with E-state index in [1.54, 1.807) is 47.6 Å². The maximum absolute atomic E-state index is 12.5. The Bertz CT molecular complexity index is 742. The lowest BCUT2D eigenvalue weighted by Gasteiger charge is -2.30. The number of benzene rings is 1. The van der Waals surface area contributed by atoms with E-state index in [2.05, 4.69) is 4.98 Å². The summed E-state index contributed by atoms with van der Waals surface area (Å²) in [6.07, 6.45) is 4.27. The van der Waals surface area contributed by atoms with Gasteiger partial charge in [0, 0.05) is 42.2 Å². The second kappa shape index (κ2) is 6.70. The number of amides is 1. The topological polar surface area (TPSA) is 90.5 Å². The minimum atomic E-state index is -0.797. The number of likely N-dealkylation sites (tertiary alicyclic amines) is 1. The SMILES string of the molecule is O=C(c1ccc(C(=O)N2CCC(C(=O)O)CC2)cc1)c1cc[nH]c1. The molecule has 3 rings (SSSR count). The van der Waals surface area contributed by atoms with Gasteiger partial charge in [0.1, 0.15) is 0 Å². The number of aromatic amines is 1. The number of aliphatic carboxylic acids is 1. The molecule has 124 valence electrons. The highest BCUT2D eigenvalue weighted by Crippen LogP contribution is 2.20. The zero-order valence-corrected chi connectivity index (χ0v) is 13.1. The van der Waals surface area contributed by atoms with Gasteiger partial charge in [-0.25, -0.2) is 0 Å². The summed E-state index contributed by atoms with van der Waals surface area (Å²) in [6, 6.07) is 8.28. The number of hydrogen-bond donors (Lipinski definition) is 2. The second-order valence-corrected chi connectivity index (χ2v) is 5.91. The lowest BCUT2D eigenvalue weighted by atomic mass is 9.96. The summed E-state index contributed by atoms with van der Waals surface area (Å²) in [6.45, 7) is 0.889. The first-order valence-electron chi connectivity index (χ1n) is 7.86. The summed E-state index contributed by atoms with van der Waals surface area (Å²) in [4.78, 5) is 40.2. The number of ketones is 1. The smallest absolute Gasteiger partial charge is 0.306 e. The van der Waals surface area contributed by atoms with Crippen molar-refractivity contribution in [2.45, 2.75) is 12.8 Å². The molecule has 2 heterocycles. The monoisotopic (exact) mass is 326 g/mol. The second-order valence-electron chi connectivity index (χ2n) is 5.91. The summed E-state index contributed by atoms with van der Waals surface area (Å²) in [7, 11) is 0. The minimum Gasteiger partial charge on any atom is -0.481 e. The van der Waals surface area contributed by atoms with Crippen LogP contribution in [0.4, 0.5) is 0 Å². The number of nitrogens with zero attached hydrogens (tertiary/aromatic N) is 1. The average molecular weight is 326 g/mol. The van der Waals surface area contributed by atoms with E-state index in [0.717, 1.165) is 0 Å². The van der Waals surface area contributed by atoms with Crippen LogP contribution in [0, 0.1) is 5.92 Å². The molecule has 1 aromatic heterocycles. The number of piperidine rings is 1. The van der Waals surface area contributed by atoms with E-state index in [-0.39, 0.29) is 17.6 Å². The van der Waals surface area contributed by atoms with E-state index in [9.17, 15) is 14.4 Å². The van der Waals surface area contributed by atoms with Gasteiger partial charge in [0.05, 0.1) is 5.92 Å². The third kappa shape index (κ3) is 3.22. The molecule has 2 N–H and O–H groups in total. The average Bonchev–Trinajstić information content (AvgIpc) is 3.15. The van der Waals surface area contributed by atoms with Gasteiger partial charge < -0.3 is 15.0 Å². The fourth-order valence-electron chi connectivity index (χ4n) is 2.91. The number of carbonyl (C=O) groups excluding carboxylic acids is 2. The largest absolute Gasteiger partial charge is 0.481 e. The molecule has 0 atom stereocenters. The molecule has 1 aromatic carbocycles. The van der Waals surface area contributed by atoms with Crippen molar-refractivity contribution in [3.63, 3.8) is 0 Å². The van der Waals surface area contributed by atoms with E-state index < -0.39 is 5.97 Å². The highest BCUT2D eigenvalue weighted by Gasteiger charge is 2.27. The molecule has 0 bridgehead atoms. The standard InChI is InChI=1S/C18H18N2O4/c21-16(15-5-8-19-11-15)12-1-3-13(4-2-12)17(22)20-9-6-14(7-10-20)18(23)24/h1-5,8,11,14,19H,6-7,9-10H2,(H,23,24). The first kappa shape index (κ1) is 16.0. The Hall–Kier alpha value is -2.89. The Kier molecular flexibility index (Phi) is 4.46. The van der Waals surface area contributed by atoms with E-state index >= 15 is 0 Å². The molecule has 6 heteroatoms. The molecule has 6 nitrogen and oxygen atoms in total. The van der Waals surface area contributed by atoms with Crippen LogP contribution in [-0.2, 0) is 4.79 Å². The van der Waals surface area contributed by atoms with Crippen molar-refractivity contribution < 1.29 is 19.5 Å². The maximum atomic E-state index is 12.5. The zero-order valence-electron chi connectivity index (χ0n) is 13.1. The fraction of sp³-hybridized carbons (Fsp3) is 0.278. The Morgan fingerprint density at radius 3 is 2.12 bits per heavy atom. The fourth-order valence-corrected chi connectivity index (χ4v) is 2.91. The van der Waals surface area contributed by atoms with Crippen molar-refractivity contribution in [2.75, 3.05) is 13.1 Å². The number of carboxylic acids is 1. The molecular weight excluding hydrogens is 308 g/mol. The number of hydrogen-bond acceptors (Lipinski definition) is 3. The van der Waals surface area contributed by atoms with Crippen LogP contribution < -0.4 is 0 Å². The van der Waals surface area contributed by atoms with Crippen LogP contribution in [0.2, 0.25) is 0 Å². The van der Waals surface area contributed by atoms with Crippen molar-refractivity contribution in [3.05, 3.63) is 59.4 Å². The van der Waals surface area contributed by atoms with E-state index in [4.69, 9.17) is 5.11 Å². The quantitative estimate of drug-likeness (QED) is 0.843. The van der Waals surface area contributed by atoms with Crippen molar-refractivity contribution in [1.82, 2.24) is 9.88 Å². The molecule has 0 aliphatic carbocycles. The molecule has 1 aliphatic rings. The lowest BCUT2D eigenvalue weighted by Crippen LogP contribution is -2.40. The molecule has 1 saturated heterocycles. The van der Waals surface area contributed by atoms with Crippen molar-refractivity contribution >= 4 is 17.7 Å². The van der Waals surface area contributed by atoms with Crippen LogP contribution in [0.3, 0.4) is 0 Å². The van der Waals surface area contributed by atoms with Crippen LogP contribution in [0.5, 0.6) is 0 Å². The van der Waals surface area contributed by atoms with Crippen molar-refractivity contribution in [3.8, 4) is 0 Å². The van der Waals surface area contributed by atoms with Crippen LogP contribution in [0.15, 0.2) is 42.7 Å². The van der Waals surface area contributed by atoms with Gasteiger partial charge in [-0.2, -0.15) is 0 Å². The molecule has 1 aliphatic heterocycles. The Balaban J connectivity index is 1.66. The summed E-state index contributed by atoms with van der Waals surface area (Å²) < 4.78 is 0. The number of nitrogens with one attached hydrogen (secondary N) is 1. The summed E-state index contributed by atoms with van der Waals surface area (Å²) >= 11 is 0. The summed E-state index contributed by atoms with van der Waals surface area (Å²) in [5.74, 6) is -1.39. The molecule has 1 amide bonds. The molecule has 1 fully saturated rings.